The summed E-state index contributed by atoms with van der Waals surface area (Å²) in [6.07, 6.45) is 0.867. The van der Waals surface area contributed by atoms with Gasteiger partial charge in [-0.25, -0.2) is 4.98 Å². The molecule has 1 unspecified atom stereocenters. The van der Waals surface area contributed by atoms with E-state index in [1.807, 2.05) is 19.1 Å². The first kappa shape index (κ1) is 11.4. The second kappa shape index (κ2) is 4.41. The highest BCUT2D eigenvalue weighted by molar-refractivity contribution is 7.15. The van der Waals surface area contributed by atoms with E-state index in [1.54, 1.807) is 12.3 Å². The normalized spacial score (nSPS) is 12.7. The fourth-order valence-corrected chi connectivity index (χ4v) is 2.26. The Kier molecular flexibility index (Phi) is 3.14. The molecule has 0 saturated heterocycles. The van der Waals surface area contributed by atoms with E-state index in [0.29, 0.717) is 10.2 Å². The van der Waals surface area contributed by atoms with Gasteiger partial charge in [0.1, 0.15) is 6.10 Å². The molecule has 3 N–H and O–H groups in total. The third-order valence-corrected chi connectivity index (χ3v) is 3.61. The minimum Gasteiger partial charge on any atom is -0.383 e. The highest BCUT2D eigenvalue weighted by Crippen LogP contribution is 2.29. The second-order valence-corrected chi connectivity index (χ2v) is 5.01. The van der Waals surface area contributed by atoms with E-state index >= 15 is 0 Å². The molecule has 1 aromatic heterocycles. The Balaban J connectivity index is 2.33. The molecule has 0 aliphatic heterocycles. The van der Waals surface area contributed by atoms with Crippen LogP contribution in [-0.2, 0) is 0 Å². The highest BCUT2D eigenvalue weighted by Gasteiger charge is 2.14. The van der Waals surface area contributed by atoms with Crippen molar-refractivity contribution in [2.75, 3.05) is 5.73 Å². The zero-order valence-corrected chi connectivity index (χ0v) is 10.2. The molecule has 1 heterocycles. The Bertz CT molecular complexity index is 512. The number of aliphatic hydroxyl groups is 1. The molecule has 3 nitrogen and oxygen atoms in total. The first-order valence-corrected chi connectivity index (χ1v) is 5.92. The summed E-state index contributed by atoms with van der Waals surface area (Å²) >= 11 is 7.28. The number of rotatable bonds is 2. The minimum atomic E-state index is -0.715. The standard InChI is InChI=1S/C11H11ClN2OS/c1-6-2-3-7(4-8(6)12)10(15)9-5-14-11(13)16-9/h2-5,10,15H,1H3,(H2,13,14). The zero-order chi connectivity index (χ0) is 11.7. The lowest BCUT2D eigenvalue weighted by Gasteiger charge is -2.09. The van der Waals surface area contributed by atoms with Crippen LogP contribution in [0.15, 0.2) is 24.4 Å². The van der Waals surface area contributed by atoms with Crippen molar-refractivity contribution in [3.63, 3.8) is 0 Å². The summed E-state index contributed by atoms with van der Waals surface area (Å²) in [6.45, 7) is 1.92. The van der Waals surface area contributed by atoms with Crippen LogP contribution < -0.4 is 5.73 Å². The van der Waals surface area contributed by atoms with Crippen molar-refractivity contribution >= 4 is 28.1 Å². The summed E-state index contributed by atoms with van der Waals surface area (Å²) in [6, 6.07) is 5.49. The van der Waals surface area contributed by atoms with Gasteiger partial charge in [-0.3, -0.25) is 0 Å². The molecule has 0 bridgehead atoms. The number of hydrogen-bond donors (Lipinski definition) is 2. The fraction of sp³-hybridized carbons (Fsp3) is 0.182. The molecule has 16 heavy (non-hydrogen) atoms. The predicted molar refractivity (Wildman–Crippen MR) is 66.8 cm³/mol. The molecule has 1 aromatic carbocycles. The van der Waals surface area contributed by atoms with Gasteiger partial charge in [-0.05, 0) is 24.1 Å². The van der Waals surface area contributed by atoms with Crippen LogP contribution in [0.5, 0.6) is 0 Å². The summed E-state index contributed by atoms with van der Waals surface area (Å²) in [4.78, 5) is 4.63. The zero-order valence-electron chi connectivity index (χ0n) is 8.64. The molecule has 0 amide bonds. The first-order valence-electron chi connectivity index (χ1n) is 4.73. The minimum absolute atomic E-state index is 0.451. The van der Waals surface area contributed by atoms with Crippen molar-refractivity contribution in [3.05, 3.63) is 45.4 Å². The SMILES string of the molecule is Cc1ccc(C(O)c2cnc(N)s2)cc1Cl. The van der Waals surface area contributed by atoms with Crippen LogP contribution in [0.2, 0.25) is 5.02 Å². The second-order valence-electron chi connectivity index (χ2n) is 3.51. The Labute approximate surface area is 103 Å². The van der Waals surface area contributed by atoms with Crippen LogP contribution in [0.3, 0.4) is 0 Å². The number of aromatic nitrogens is 1. The van der Waals surface area contributed by atoms with E-state index in [4.69, 9.17) is 17.3 Å². The molecule has 0 aliphatic carbocycles. The number of aryl methyl sites for hydroxylation is 1. The van der Waals surface area contributed by atoms with Crippen LogP contribution in [-0.4, -0.2) is 10.1 Å². The molecule has 5 heteroatoms. The van der Waals surface area contributed by atoms with Gasteiger partial charge < -0.3 is 10.8 Å². The van der Waals surface area contributed by atoms with Crippen LogP contribution in [0.25, 0.3) is 0 Å². The first-order chi connectivity index (χ1) is 7.58. The van der Waals surface area contributed by atoms with Gasteiger partial charge in [0.05, 0.1) is 4.88 Å². The summed E-state index contributed by atoms with van der Waals surface area (Å²) < 4.78 is 0. The van der Waals surface area contributed by atoms with E-state index in [2.05, 4.69) is 4.98 Å². The van der Waals surface area contributed by atoms with Crippen molar-refractivity contribution in [1.29, 1.82) is 0 Å². The van der Waals surface area contributed by atoms with Crippen molar-refractivity contribution < 1.29 is 5.11 Å². The van der Waals surface area contributed by atoms with E-state index in [9.17, 15) is 5.11 Å². The number of nitrogens with two attached hydrogens (primary N) is 1. The summed E-state index contributed by atoms with van der Waals surface area (Å²) in [5.74, 6) is 0. The topological polar surface area (TPSA) is 59.1 Å². The van der Waals surface area contributed by atoms with Gasteiger partial charge in [0.25, 0.3) is 0 Å². The Morgan fingerprint density at radius 1 is 1.50 bits per heavy atom. The lowest BCUT2D eigenvalue weighted by molar-refractivity contribution is 0.224. The summed E-state index contributed by atoms with van der Waals surface area (Å²) in [5.41, 5.74) is 7.26. The van der Waals surface area contributed by atoms with Gasteiger partial charge in [-0.15, -0.1) is 0 Å². The number of aliphatic hydroxyl groups excluding tert-OH is 1. The van der Waals surface area contributed by atoms with E-state index in [-0.39, 0.29) is 0 Å². The molecule has 84 valence electrons. The molecule has 0 aliphatic rings. The average Bonchev–Trinajstić information content (AvgIpc) is 2.68. The average molecular weight is 255 g/mol. The van der Waals surface area contributed by atoms with Gasteiger partial charge in [0, 0.05) is 11.2 Å². The van der Waals surface area contributed by atoms with Gasteiger partial charge in [0.15, 0.2) is 5.13 Å². The van der Waals surface area contributed by atoms with Crippen LogP contribution in [0.4, 0.5) is 5.13 Å². The molecule has 0 spiro atoms. The van der Waals surface area contributed by atoms with Crippen molar-refractivity contribution in [2.45, 2.75) is 13.0 Å². The smallest absolute Gasteiger partial charge is 0.180 e. The van der Waals surface area contributed by atoms with Crippen molar-refractivity contribution in [2.24, 2.45) is 0 Å². The maximum absolute atomic E-state index is 10.1. The summed E-state index contributed by atoms with van der Waals surface area (Å²) in [5, 5.41) is 11.2. The molecular weight excluding hydrogens is 244 g/mol. The van der Waals surface area contributed by atoms with Gasteiger partial charge in [-0.2, -0.15) is 0 Å². The van der Waals surface area contributed by atoms with Crippen LogP contribution >= 0.6 is 22.9 Å². The van der Waals surface area contributed by atoms with Crippen LogP contribution in [0.1, 0.15) is 22.1 Å². The number of hydrogen-bond acceptors (Lipinski definition) is 4. The third-order valence-electron chi connectivity index (χ3n) is 2.32. The highest BCUT2D eigenvalue weighted by atomic mass is 35.5. The summed E-state index contributed by atoms with van der Waals surface area (Å²) in [7, 11) is 0. The molecule has 2 aromatic rings. The lowest BCUT2D eigenvalue weighted by Crippen LogP contribution is -1.97. The van der Waals surface area contributed by atoms with E-state index in [0.717, 1.165) is 16.0 Å². The number of nitrogens with zero attached hydrogens (tertiary/aromatic N) is 1. The fourth-order valence-electron chi connectivity index (χ4n) is 1.37. The molecule has 0 radical (unpaired) electrons. The third kappa shape index (κ3) is 2.19. The lowest BCUT2D eigenvalue weighted by atomic mass is 10.1. The number of nitrogen functional groups attached to an aromatic ring is 1. The molecular formula is C11H11ClN2OS. The predicted octanol–water partition coefficient (Wildman–Crippen LogP) is 2.77. The monoisotopic (exact) mass is 254 g/mol. The van der Waals surface area contributed by atoms with Crippen molar-refractivity contribution in [1.82, 2.24) is 4.98 Å². The quantitative estimate of drug-likeness (QED) is 0.866. The van der Waals surface area contributed by atoms with Crippen LogP contribution in [0, 0.1) is 6.92 Å². The Hall–Kier alpha value is -1.10. The maximum atomic E-state index is 10.1. The molecule has 2 rings (SSSR count). The molecule has 0 saturated carbocycles. The molecule has 1 atom stereocenters. The van der Waals surface area contributed by atoms with Gasteiger partial charge in [-0.1, -0.05) is 35.1 Å². The Morgan fingerprint density at radius 2 is 2.25 bits per heavy atom. The number of benzene rings is 1. The van der Waals surface area contributed by atoms with Crippen molar-refractivity contribution in [3.8, 4) is 0 Å². The number of anilines is 1. The van der Waals surface area contributed by atoms with Gasteiger partial charge >= 0.3 is 0 Å². The maximum Gasteiger partial charge on any atom is 0.180 e. The Morgan fingerprint density at radius 3 is 2.81 bits per heavy atom. The molecule has 0 fully saturated rings. The largest absolute Gasteiger partial charge is 0.383 e. The number of thiazole rings is 1. The van der Waals surface area contributed by atoms with Gasteiger partial charge in [0.2, 0.25) is 0 Å². The van der Waals surface area contributed by atoms with E-state index < -0.39 is 6.10 Å². The van der Waals surface area contributed by atoms with E-state index in [1.165, 1.54) is 11.3 Å². The number of halogens is 1.